The van der Waals surface area contributed by atoms with Crippen LogP contribution in [0.3, 0.4) is 0 Å². The van der Waals surface area contributed by atoms with Crippen LogP contribution in [0.5, 0.6) is 5.75 Å². The van der Waals surface area contributed by atoms with Gasteiger partial charge in [-0.2, -0.15) is 0 Å². The van der Waals surface area contributed by atoms with Crippen LogP contribution < -0.4 is 16.0 Å². The number of rotatable bonds is 5. The monoisotopic (exact) mass is 447 g/mol. The van der Waals surface area contributed by atoms with Gasteiger partial charge in [-0.1, -0.05) is 24.3 Å². The van der Waals surface area contributed by atoms with Crippen LogP contribution in [-0.2, 0) is 4.79 Å². The quantitative estimate of drug-likeness (QED) is 0.441. The van der Waals surface area contributed by atoms with Gasteiger partial charge < -0.3 is 26.2 Å². The SMILES string of the molecule is NC(=O)c1ccc(NC(=O)c2cccc(-c3cccc(O)c3)c2)cc1N1CCCC1.O=CO. The Morgan fingerprint density at radius 3 is 2.21 bits per heavy atom. The second-order valence-electron chi connectivity index (χ2n) is 7.48. The van der Waals surface area contributed by atoms with Crippen molar-refractivity contribution in [2.75, 3.05) is 23.3 Å². The third kappa shape index (κ3) is 5.88. The zero-order valence-corrected chi connectivity index (χ0v) is 17.9. The van der Waals surface area contributed by atoms with E-state index in [0.29, 0.717) is 16.8 Å². The summed E-state index contributed by atoms with van der Waals surface area (Å²) in [6.45, 7) is 1.48. The summed E-state index contributed by atoms with van der Waals surface area (Å²) >= 11 is 0. The molecule has 0 aliphatic carbocycles. The minimum absolute atomic E-state index is 0.173. The van der Waals surface area contributed by atoms with E-state index in [-0.39, 0.29) is 18.1 Å². The van der Waals surface area contributed by atoms with Crippen LogP contribution in [-0.4, -0.2) is 41.6 Å². The van der Waals surface area contributed by atoms with E-state index in [4.69, 9.17) is 15.6 Å². The van der Waals surface area contributed by atoms with Crippen molar-refractivity contribution in [3.8, 4) is 16.9 Å². The van der Waals surface area contributed by atoms with Crippen LogP contribution in [0, 0.1) is 0 Å². The largest absolute Gasteiger partial charge is 0.508 e. The third-order valence-electron chi connectivity index (χ3n) is 5.27. The molecule has 1 heterocycles. The summed E-state index contributed by atoms with van der Waals surface area (Å²) in [7, 11) is 0. The molecule has 0 atom stereocenters. The molecule has 170 valence electrons. The smallest absolute Gasteiger partial charge is 0.290 e. The molecule has 0 radical (unpaired) electrons. The first kappa shape index (κ1) is 23.3. The highest BCUT2D eigenvalue weighted by Crippen LogP contribution is 2.29. The first-order chi connectivity index (χ1) is 15.9. The lowest BCUT2D eigenvalue weighted by Crippen LogP contribution is -2.23. The fraction of sp³-hybridized carbons (Fsp3) is 0.160. The Hall–Kier alpha value is -4.33. The van der Waals surface area contributed by atoms with E-state index in [0.717, 1.165) is 42.7 Å². The van der Waals surface area contributed by atoms with Crippen molar-refractivity contribution in [3.05, 3.63) is 77.9 Å². The molecule has 0 aromatic heterocycles. The second kappa shape index (κ2) is 10.8. The molecule has 33 heavy (non-hydrogen) atoms. The van der Waals surface area contributed by atoms with Crippen LogP contribution in [0.25, 0.3) is 11.1 Å². The lowest BCUT2D eigenvalue weighted by Gasteiger charge is -2.21. The molecule has 0 saturated carbocycles. The maximum absolute atomic E-state index is 12.9. The molecule has 4 rings (SSSR count). The number of phenolic OH excluding ortho intramolecular Hbond substituents is 1. The van der Waals surface area contributed by atoms with Gasteiger partial charge in [-0.3, -0.25) is 14.4 Å². The highest BCUT2D eigenvalue weighted by Gasteiger charge is 2.19. The molecule has 0 bridgehead atoms. The van der Waals surface area contributed by atoms with Crippen molar-refractivity contribution in [3.63, 3.8) is 0 Å². The van der Waals surface area contributed by atoms with E-state index in [9.17, 15) is 14.7 Å². The molecule has 0 unspecified atom stereocenters. The molecule has 0 spiro atoms. The molecule has 8 nitrogen and oxygen atoms in total. The van der Waals surface area contributed by atoms with E-state index in [1.54, 1.807) is 48.5 Å². The zero-order valence-electron chi connectivity index (χ0n) is 17.9. The molecule has 3 aromatic rings. The number of nitrogens with zero attached hydrogens (tertiary/aromatic N) is 1. The minimum Gasteiger partial charge on any atom is -0.508 e. The third-order valence-corrected chi connectivity index (χ3v) is 5.27. The summed E-state index contributed by atoms with van der Waals surface area (Å²) in [6, 6.07) is 19.3. The van der Waals surface area contributed by atoms with Gasteiger partial charge in [0.2, 0.25) is 0 Å². The molecule has 1 aliphatic rings. The van der Waals surface area contributed by atoms with Gasteiger partial charge in [0, 0.05) is 24.3 Å². The number of carboxylic acid groups (broad SMARTS) is 1. The fourth-order valence-electron chi connectivity index (χ4n) is 3.77. The summed E-state index contributed by atoms with van der Waals surface area (Å²) in [5.41, 5.74) is 9.51. The summed E-state index contributed by atoms with van der Waals surface area (Å²) < 4.78 is 0. The Kier molecular flexibility index (Phi) is 7.64. The van der Waals surface area contributed by atoms with Crippen molar-refractivity contribution >= 4 is 29.7 Å². The highest BCUT2D eigenvalue weighted by atomic mass is 16.3. The first-order valence-corrected chi connectivity index (χ1v) is 10.4. The number of phenols is 1. The van der Waals surface area contributed by atoms with Crippen LogP contribution in [0.15, 0.2) is 66.7 Å². The summed E-state index contributed by atoms with van der Waals surface area (Å²) in [5, 5.41) is 19.5. The Morgan fingerprint density at radius 1 is 0.939 bits per heavy atom. The second-order valence-corrected chi connectivity index (χ2v) is 7.48. The standard InChI is InChI=1S/C24H23N3O3.CH2O2/c25-23(29)21-10-9-19(15-22(21)27-11-1-2-12-27)26-24(30)18-7-3-5-16(13-18)17-6-4-8-20(28)14-17;2-1-3/h3-10,13-15,28H,1-2,11-12H2,(H2,25,29)(H,26,30);1H,(H,2,3). The van der Waals surface area contributed by atoms with Crippen molar-refractivity contribution in [1.29, 1.82) is 0 Å². The van der Waals surface area contributed by atoms with E-state index in [1.165, 1.54) is 0 Å². The number of nitrogens with two attached hydrogens (primary N) is 1. The number of benzene rings is 3. The maximum atomic E-state index is 12.9. The van der Waals surface area contributed by atoms with Crippen LogP contribution in [0.1, 0.15) is 33.6 Å². The average Bonchev–Trinajstić information content (AvgIpc) is 3.34. The van der Waals surface area contributed by atoms with Crippen LogP contribution >= 0.6 is 0 Å². The van der Waals surface area contributed by atoms with E-state index in [1.807, 2.05) is 18.2 Å². The molecular weight excluding hydrogens is 422 g/mol. The molecule has 8 heteroatoms. The van der Waals surface area contributed by atoms with Crippen LogP contribution in [0.4, 0.5) is 11.4 Å². The maximum Gasteiger partial charge on any atom is 0.290 e. The number of hydrogen-bond acceptors (Lipinski definition) is 5. The molecule has 1 aliphatic heterocycles. The van der Waals surface area contributed by atoms with Crippen molar-refractivity contribution < 1.29 is 24.6 Å². The number of primary amides is 1. The van der Waals surface area contributed by atoms with Gasteiger partial charge in [-0.05, 0) is 66.4 Å². The molecule has 1 saturated heterocycles. The van der Waals surface area contributed by atoms with E-state index in [2.05, 4.69) is 10.2 Å². The van der Waals surface area contributed by atoms with Gasteiger partial charge in [-0.15, -0.1) is 0 Å². The molecular formula is C25H25N3O5. The number of nitrogens with one attached hydrogen (secondary N) is 1. The number of carbonyl (C=O) groups excluding carboxylic acids is 2. The molecule has 3 aromatic carbocycles. The summed E-state index contributed by atoms with van der Waals surface area (Å²) in [6.07, 6.45) is 2.13. The predicted octanol–water partition coefficient (Wildman–Crippen LogP) is 3.71. The highest BCUT2D eigenvalue weighted by molar-refractivity contribution is 6.06. The fourth-order valence-corrected chi connectivity index (χ4v) is 3.77. The summed E-state index contributed by atoms with van der Waals surface area (Å²) in [4.78, 5) is 35.2. The molecule has 2 amide bonds. The average molecular weight is 447 g/mol. The Morgan fingerprint density at radius 2 is 1.58 bits per heavy atom. The number of aromatic hydroxyl groups is 1. The number of hydrogen-bond donors (Lipinski definition) is 4. The molecule has 1 fully saturated rings. The Bertz CT molecular complexity index is 1160. The van der Waals surface area contributed by atoms with Crippen molar-refractivity contribution in [2.45, 2.75) is 12.8 Å². The lowest BCUT2D eigenvalue weighted by atomic mass is 10.0. The van der Waals surface area contributed by atoms with Gasteiger partial charge in [0.1, 0.15) is 5.75 Å². The topological polar surface area (TPSA) is 133 Å². The summed E-state index contributed by atoms with van der Waals surface area (Å²) in [5.74, 6) is -0.559. The number of anilines is 2. The van der Waals surface area contributed by atoms with E-state index < -0.39 is 5.91 Å². The Balaban J connectivity index is 0.000000968. The van der Waals surface area contributed by atoms with Gasteiger partial charge in [0.15, 0.2) is 0 Å². The van der Waals surface area contributed by atoms with Crippen LogP contribution in [0.2, 0.25) is 0 Å². The molecule has 5 N–H and O–H groups in total. The Labute approximate surface area is 191 Å². The lowest BCUT2D eigenvalue weighted by molar-refractivity contribution is -0.122. The van der Waals surface area contributed by atoms with E-state index >= 15 is 0 Å². The van der Waals surface area contributed by atoms with Crippen molar-refractivity contribution in [2.24, 2.45) is 5.73 Å². The number of amides is 2. The van der Waals surface area contributed by atoms with Gasteiger partial charge in [0.05, 0.1) is 11.3 Å². The zero-order chi connectivity index (χ0) is 23.8. The van der Waals surface area contributed by atoms with Gasteiger partial charge in [-0.25, -0.2) is 0 Å². The number of carbonyl (C=O) groups is 3. The van der Waals surface area contributed by atoms with Gasteiger partial charge in [0.25, 0.3) is 18.3 Å². The first-order valence-electron chi connectivity index (χ1n) is 10.4. The minimum atomic E-state index is -0.478. The predicted molar refractivity (Wildman–Crippen MR) is 127 cm³/mol. The van der Waals surface area contributed by atoms with Crippen molar-refractivity contribution in [1.82, 2.24) is 0 Å². The normalized spacial score (nSPS) is 12.4. The van der Waals surface area contributed by atoms with Gasteiger partial charge >= 0.3 is 0 Å².